The second-order valence-electron chi connectivity index (χ2n) is 5.00. The van der Waals surface area contributed by atoms with Crippen LogP contribution in [0.3, 0.4) is 0 Å². The van der Waals surface area contributed by atoms with E-state index in [2.05, 4.69) is 10.6 Å². The molecule has 2 amide bonds. The first-order valence-electron chi connectivity index (χ1n) is 7.05. The second kappa shape index (κ2) is 7.99. The Morgan fingerprint density at radius 3 is 2.57 bits per heavy atom. The molecule has 0 unspecified atom stereocenters. The third-order valence-corrected chi connectivity index (χ3v) is 3.73. The van der Waals surface area contributed by atoms with Crippen LogP contribution in [-0.2, 0) is 11.2 Å². The van der Waals surface area contributed by atoms with E-state index < -0.39 is 0 Å². The van der Waals surface area contributed by atoms with Crippen LogP contribution in [0.5, 0.6) is 0 Å². The summed E-state index contributed by atoms with van der Waals surface area (Å²) in [6.45, 7) is 1.87. The van der Waals surface area contributed by atoms with Crippen LogP contribution < -0.4 is 10.6 Å². The molecule has 0 saturated heterocycles. The van der Waals surface area contributed by atoms with Crippen molar-refractivity contribution in [3.63, 3.8) is 0 Å². The van der Waals surface area contributed by atoms with E-state index in [1.165, 1.54) is 6.92 Å². The Kier molecular flexibility index (Phi) is 6.02. The van der Waals surface area contributed by atoms with Crippen LogP contribution in [0.1, 0.15) is 22.8 Å². The molecule has 0 heterocycles. The summed E-state index contributed by atoms with van der Waals surface area (Å²) in [5, 5.41) is 6.64. The molecule has 2 N–H and O–H groups in total. The van der Waals surface area contributed by atoms with Crippen LogP contribution in [0, 0.1) is 0 Å². The molecule has 2 aromatic rings. The molecule has 0 aromatic heterocycles. The topological polar surface area (TPSA) is 58.2 Å². The van der Waals surface area contributed by atoms with Crippen molar-refractivity contribution in [2.24, 2.45) is 0 Å². The summed E-state index contributed by atoms with van der Waals surface area (Å²) in [6.07, 6.45) is 0.604. The molecule has 120 valence electrons. The third-order valence-electron chi connectivity index (χ3n) is 3.14. The SMILES string of the molecule is CC(=O)Nc1cccc(C(=O)NCCc2ccc(Cl)cc2Cl)c1. The van der Waals surface area contributed by atoms with E-state index in [0.717, 1.165) is 5.56 Å². The van der Waals surface area contributed by atoms with Crippen molar-refractivity contribution in [3.8, 4) is 0 Å². The number of nitrogens with one attached hydrogen (secondary N) is 2. The maximum atomic E-state index is 12.1. The summed E-state index contributed by atoms with van der Waals surface area (Å²) in [5.74, 6) is -0.387. The Hall–Kier alpha value is -2.04. The Morgan fingerprint density at radius 1 is 1.09 bits per heavy atom. The van der Waals surface area contributed by atoms with Crippen molar-refractivity contribution in [1.82, 2.24) is 5.32 Å². The molecule has 0 aliphatic heterocycles. The van der Waals surface area contributed by atoms with Crippen molar-refractivity contribution in [1.29, 1.82) is 0 Å². The Bertz CT molecular complexity index is 732. The molecule has 6 heteroatoms. The molecule has 0 spiro atoms. The summed E-state index contributed by atoms with van der Waals surface area (Å²) in [4.78, 5) is 23.2. The molecule has 0 fully saturated rings. The minimum atomic E-state index is -0.206. The van der Waals surface area contributed by atoms with E-state index in [9.17, 15) is 9.59 Å². The highest BCUT2D eigenvalue weighted by molar-refractivity contribution is 6.35. The largest absolute Gasteiger partial charge is 0.352 e. The number of anilines is 1. The normalized spacial score (nSPS) is 10.2. The van der Waals surface area contributed by atoms with E-state index in [0.29, 0.717) is 34.3 Å². The van der Waals surface area contributed by atoms with Gasteiger partial charge in [0.1, 0.15) is 0 Å². The van der Waals surface area contributed by atoms with Crippen LogP contribution >= 0.6 is 23.2 Å². The molecule has 2 rings (SSSR count). The minimum absolute atomic E-state index is 0.181. The number of halogens is 2. The number of rotatable bonds is 5. The van der Waals surface area contributed by atoms with Crippen molar-refractivity contribution >= 4 is 40.7 Å². The highest BCUT2D eigenvalue weighted by Gasteiger charge is 2.07. The third kappa shape index (κ3) is 5.27. The van der Waals surface area contributed by atoms with E-state index in [4.69, 9.17) is 23.2 Å². The number of amides is 2. The van der Waals surface area contributed by atoms with Crippen molar-refractivity contribution in [2.75, 3.05) is 11.9 Å². The molecular weight excluding hydrogens is 335 g/mol. The maximum Gasteiger partial charge on any atom is 0.251 e. The number of hydrogen-bond donors (Lipinski definition) is 2. The first kappa shape index (κ1) is 17.3. The van der Waals surface area contributed by atoms with Gasteiger partial charge in [-0.2, -0.15) is 0 Å². The first-order chi connectivity index (χ1) is 11.0. The highest BCUT2D eigenvalue weighted by atomic mass is 35.5. The summed E-state index contributed by atoms with van der Waals surface area (Å²) >= 11 is 11.9. The van der Waals surface area contributed by atoms with E-state index >= 15 is 0 Å². The average molecular weight is 351 g/mol. The van der Waals surface area contributed by atoms with Gasteiger partial charge in [0.2, 0.25) is 5.91 Å². The number of hydrogen-bond acceptors (Lipinski definition) is 2. The second-order valence-corrected chi connectivity index (χ2v) is 5.85. The smallest absolute Gasteiger partial charge is 0.251 e. The Morgan fingerprint density at radius 2 is 1.87 bits per heavy atom. The zero-order valence-corrected chi connectivity index (χ0v) is 14.0. The number of carbonyl (C=O) groups excluding carboxylic acids is 2. The molecule has 4 nitrogen and oxygen atoms in total. The maximum absolute atomic E-state index is 12.1. The fourth-order valence-corrected chi connectivity index (χ4v) is 2.58. The predicted octanol–water partition coefficient (Wildman–Crippen LogP) is 3.92. The first-order valence-corrected chi connectivity index (χ1v) is 7.81. The lowest BCUT2D eigenvalue weighted by Gasteiger charge is -2.08. The lowest BCUT2D eigenvalue weighted by atomic mass is 10.1. The predicted molar refractivity (Wildman–Crippen MR) is 93.2 cm³/mol. The van der Waals surface area contributed by atoms with Gasteiger partial charge in [-0.15, -0.1) is 0 Å². The van der Waals surface area contributed by atoms with Crippen LogP contribution in [0.4, 0.5) is 5.69 Å². The Labute approximate surface area is 144 Å². The molecule has 0 aliphatic rings. The van der Waals surface area contributed by atoms with Gasteiger partial charge in [-0.25, -0.2) is 0 Å². The zero-order valence-electron chi connectivity index (χ0n) is 12.5. The van der Waals surface area contributed by atoms with Crippen LogP contribution in [0.25, 0.3) is 0 Å². The fourth-order valence-electron chi connectivity index (χ4n) is 2.08. The highest BCUT2D eigenvalue weighted by Crippen LogP contribution is 2.21. The van der Waals surface area contributed by atoms with Crippen molar-refractivity contribution in [3.05, 3.63) is 63.6 Å². The molecule has 0 atom stereocenters. The van der Waals surface area contributed by atoms with Crippen molar-refractivity contribution < 1.29 is 9.59 Å². The number of benzene rings is 2. The van der Waals surface area contributed by atoms with Crippen LogP contribution in [0.15, 0.2) is 42.5 Å². The summed E-state index contributed by atoms with van der Waals surface area (Å²) < 4.78 is 0. The molecule has 0 saturated carbocycles. The van der Waals surface area contributed by atoms with Gasteiger partial charge >= 0.3 is 0 Å². The van der Waals surface area contributed by atoms with E-state index in [1.54, 1.807) is 36.4 Å². The lowest BCUT2D eigenvalue weighted by molar-refractivity contribution is -0.114. The standard InChI is InChI=1S/C17H16Cl2N2O2/c1-11(22)21-15-4-2-3-13(9-15)17(23)20-8-7-12-5-6-14(18)10-16(12)19/h2-6,9-10H,7-8H2,1H3,(H,20,23)(H,21,22). The monoisotopic (exact) mass is 350 g/mol. The van der Waals surface area contributed by atoms with E-state index in [1.807, 2.05) is 6.07 Å². The van der Waals surface area contributed by atoms with Gasteiger partial charge in [0.25, 0.3) is 5.91 Å². The van der Waals surface area contributed by atoms with Gasteiger partial charge in [-0.1, -0.05) is 35.3 Å². The van der Waals surface area contributed by atoms with E-state index in [-0.39, 0.29) is 11.8 Å². The van der Waals surface area contributed by atoms with Crippen molar-refractivity contribution in [2.45, 2.75) is 13.3 Å². The molecule has 0 radical (unpaired) electrons. The van der Waals surface area contributed by atoms with Gasteiger partial charge in [0, 0.05) is 34.8 Å². The molecule has 0 bridgehead atoms. The quantitative estimate of drug-likeness (QED) is 0.858. The summed E-state index contributed by atoms with van der Waals surface area (Å²) in [5.41, 5.74) is 1.99. The van der Waals surface area contributed by atoms with Gasteiger partial charge in [-0.05, 0) is 42.3 Å². The fraction of sp³-hybridized carbons (Fsp3) is 0.176. The average Bonchev–Trinajstić information content (AvgIpc) is 2.49. The summed E-state index contributed by atoms with van der Waals surface area (Å²) in [7, 11) is 0. The summed E-state index contributed by atoms with van der Waals surface area (Å²) in [6, 6.07) is 12.1. The Balaban J connectivity index is 1.93. The van der Waals surface area contributed by atoms with Crippen LogP contribution in [0.2, 0.25) is 10.0 Å². The minimum Gasteiger partial charge on any atom is -0.352 e. The molecule has 23 heavy (non-hydrogen) atoms. The van der Waals surface area contributed by atoms with Gasteiger partial charge in [0.15, 0.2) is 0 Å². The molecule has 0 aliphatic carbocycles. The number of carbonyl (C=O) groups is 2. The van der Waals surface area contributed by atoms with Gasteiger partial charge in [0.05, 0.1) is 0 Å². The van der Waals surface area contributed by atoms with Gasteiger partial charge in [-0.3, -0.25) is 9.59 Å². The van der Waals surface area contributed by atoms with Crippen LogP contribution in [-0.4, -0.2) is 18.4 Å². The van der Waals surface area contributed by atoms with Gasteiger partial charge < -0.3 is 10.6 Å². The molecular formula is C17H16Cl2N2O2. The zero-order chi connectivity index (χ0) is 16.8. The lowest BCUT2D eigenvalue weighted by Crippen LogP contribution is -2.25. The molecule has 2 aromatic carbocycles.